The maximum atomic E-state index is 5.38. The van der Waals surface area contributed by atoms with Crippen LogP contribution >= 0.6 is 0 Å². The van der Waals surface area contributed by atoms with Crippen molar-refractivity contribution in [3.63, 3.8) is 0 Å². The van der Waals surface area contributed by atoms with Crippen LogP contribution in [0.15, 0.2) is 12.3 Å². The molecule has 2 rings (SSSR count). The lowest BCUT2D eigenvalue weighted by Gasteiger charge is -1.99. The molecule has 0 aliphatic carbocycles. The van der Waals surface area contributed by atoms with E-state index in [2.05, 4.69) is 15.0 Å². The standard InChI is InChI=1S/C11H15N3O2/c1-8-3-4-12-11-10(8)13-9(14-11)7-16-6-5-15-2/h3-4H,5-7H2,1-2H3,(H,12,13,14). The van der Waals surface area contributed by atoms with Gasteiger partial charge in [-0.3, -0.25) is 0 Å². The number of methoxy groups -OCH3 is 1. The summed E-state index contributed by atoms with van der Waals surface area (Å²) in [5.41, 5.74) is 2.86. The molecule has 2 aromatic rings. The van der Waals surface area contributed by atoms with Gasteiger partial charge >= 0.3 is 0 Å². The molecule has 16 heavy (non-hydrogen) atoms. The highest BCUT2D eigenvalue weighted by atomic mass is 16.5. The highest BCUT2D eigenvalue weighted by Crippen LogP contribution is 2.13. The normalized spacial score (nSPS) is 11.1. The van der Waals surface area contributed by atoms with E-state index >= 15 is 0 Å². The minimum atomic E-state index is 0.458. The van der Waals surface area contributed by atoms with E-state index in [1.54, 1.807) is 13.3 Å². The van der Waals surface area contributed by atoms with Crippen molar-refractivity contribution < 1.29 is 9.47 Å². The zero-order valence-corrected chi connectivity index (χ0v) is 9.49. The van der Waals surface area contributed by atoms with Crippen LogP contribution < -0.4 is 0 Å². The minimum Gasteiger partial charge on any atom is -0.382 e. The molecule has 0 aliphatic rings. The number of hydrogen-bond acceptors (Lipinski definition) is 4. The number of nitrogens with zero attached hydrogens (tertiary/aromatic N) is 2. The molecule has 0 spiro atoms. The van der Waals surface area contributed by atoms with E-state index in [1.807, 2.05) is 13.0 Å². The molecule has 0 radical (unpaired) electrons. The maximum absolute atomic E-state index is 5.38. The summed E-state index contributed by atoms with van der Waals surface area (Å²) >= 11 is 0. The lowest BCUT2D eigenvalue weighted by molar-refractivity contribution is 0.0590. The first-order valence-corrected chi connectivity index (χ1v) is 5.18. The largest absolute Gasteiger partial charge is 0.382 e. The molecule has 0 aromatic carbocycles. The summed E-state index contributed by atoms with van der Waals surface area (Å²) in [4.78, 5) is 11.7. The van der Waals surface area contributed by atoms with Crippen molar-refractivity contribution in [3.8, 4) is 0 Å². The van der Waals surface area contributed by atoms with Crippen molar-refractivity contribution in [1.29, 1.82) is 0 Å². The second-order valence-corrected chi connectivity index (χ2v) is 3.56. The number of imidazole rings is 1. The van der Waals surface area contributed by atoms with Crippen LogP contribution in [-0.2, 0) is 16.1 Å². The second-order valence-electron chi connectivity index (χ2n) is 3.56. The predicted octanol–water partition coefficient (Wildman–Crippen LogP) is 1.43. The van der Waals surface area contributed by atoms with Gasteiger partial charge in [0.2, 0.25) is 0 Å². The van der Waals surface area contributed by atoms with Gasteiger partial charge in [-0.05, 0) is 18.6 Å². The van der Waals surface area contributed by atoms with Gasteiger partial charge in [0, 0.05) is 13.3 Å². The van der Waals surface area contributed by atoms with Crippen LogP contribution in [-0.4, -0.2) is 35.3 Å². The Labute approximate surface area is 93.8 Å². The monoisotopic (exact) mass is 221 g/mol. The van der Waals surface area contributed by atoms with E-state index in [9.17, 15) is 0 Å². The van der Waals surface area contributed by atoms with E-state index < -0.39 is 0 Å². The Morgan fingerprint density at radius 2 is 2.25 bits per heavy atom. The fourth-order valence-electron chi connectivity index (χ4n) is 1.46. The molecule has 0 bridgehead atoms. The van der Waals surface area contributed by atoms with Crippen molar-refractivity contribution in [1.82, 2.24) is 15.0 Å². The number of rotatable bonds is 5. The van der Waals surface area contributed by atoms with E-state index in [0.29, 0.717) is 19.8 Å². The number of aromatic nitrogens is 3. The topological polar surface area (TPSA) is 60.0 Å². The number of hydrogen-bond donors (Lipinski definition) is 1. The number of aryl methyl sites for hydroxylation is 1. The summed E-state index contributed by atoms with van der Waals surface area (Å²) < 4.78 is 10.3. The number of H-pyrrole nitrogens is 1. The summed E-state index contributed by atoms with van der Waals surface area (Å²) in [5.74, 6) is 0.799. The fourth-order valence-corrected chi connectivity index (χ4v) is 1.46. The molecule has 0 saturated carbocycles. The molecule has 86 valence electrons. The smallest absolute Gasteiger partial charge is 0.178 e. The molecule has 0 fully saturated rings. The van der Waals surface area contributed by atoms with Crippen LogP contribution in [0.3, 0.4) is 0 Å². The molecule has 2 heterocycles. The minimum absolute atomic E-state index is 0.458. The van der Waals surface area contributed by atoms with Crippen molar-refractivity contribution in [2.75, 3.05) is 20.3 Å². The molecule has 0 atom stereocenters. The number of fused-ring (bicyclic) bond motifs is 1. The lowest BCUT2D eigenvalue weighted by atomic mass is 10.3. The molecule has 5 nitrogen and oxygen atoms in total. The van der Waals surface area contributed by atoms with E-state index in [0.717, 1.165) is 22.6 Å². The summed E-state index contributed by atoms with van der Waals surface area (Å²) in [7, 11) is 1.65. The zero-order valence-electron chi connectivity index (χ0n) is 9.49. The van der Waals surface area contributed by atoms with Gasteiger partial charge < -0.3 is 14.5 Å². The Morgan fingerprint density at radius 3 is 3.00 bits per heavy atom. The Hall–Kier alpha value is -1.46. The molecular formula is C11H15N3O2. The maximum Gasteiger partial charge on any atom is 0.178 e. The second kappa shape index (κ2) is 5.05. The van der Waals surface area contributed by atoms with Gasteiger partial charge in [-0.2, -0.15) is 0 Å². The average molecular weight is 221 g/mol. The first kappa shape index (κ1) is 11.0. The Bertz CT molecular complexity index is 467. The van der Waals surface area contributed by atoms with Gasteiger partial charge in [-0.25, -0.2) is 9.97 Å². The summed E-state index contributed by atoms with van der Waals surface area (Å²) in [6.07, 6.45) is 1.76. The molecule has 0 aliphatic heterocycles. The molecule has 0 unspecified atom stereocenters. The van der Waals surface area contributed by atoms with Gasteiger partial charge in [0.25, 0.3) is 0 Å². The van der Waals surface area contributed by atoms with Gasteiger partial charge in [-0.15, -0.1) is 0 Å². The highest BCUT2D eigenvalue weighted by Gasteiger charge is 2.05. The number of ether oxygens (including phenoxy) is 2. The summed E-state index contributed by atoms with van der Waals surface area (Å²) in [5, 5.41) is 0. The SMILES string of the molecule is COCCOCc1nc2nccc(C)c2[nH]1. The number of aromatic amines is 1. The third-order valence-electron chi connectivity index (χ3n) is 2.32. The van der Waals surface area contributed by atoms with Crippen molar-refractivity contribution in [2.24, 2.45) is 0 Å². The Morgan fingerprint density at radius 1 is 1.38 bits per heavy atom. The van der Waals surface area contributed by atoms with Gasteiger partial charge in [0.15, 0.2) is 5.65 Å². The third kappa shape index (κ3) is 2.37. The van der Waals surface area contributed by atoms with Gasteiger partial charge in [0.1, 0.15) is 12.4 Å². The van der Waals surface area contributed by atoms with E-state index in [1.165, 1.54) is 0 Å². The highest BCUT2D eigenvalue weighted by molar-refractivity contribution is 5.74. The quantitative estimate of drug-likeness (QED) is 0.776. The Balaban J connectivity index is 2.05. The molecule has 5 heteroatoms. The summed E-state index contributed by atoms with van der Waals surface area (Å²) in [6, 6.07) is 1.95. The van der Waals surface area contributed by atoms with Crippen LogP contribution in [0.2, 0.25) is 0 Å². The number of nitrogens with one attached hydrogen (secondary N) is 1. The average Bonchev–Trinajstić information content (AvgIpc) is 2.69. The first-order chi connectivity index (χ1) is 7.81. The van der Waals surface area contributed by atoms with Gasteiger partial charge in [0.05, 0.1) is 18.7 Å². The van der Waals surface area contributed by atoms with Crippen molar-refractivity contribution in [2.45, 2.75) is 13.5 Å². The lowest BCUT2D eigenvalue weighted by Crippen LogP contribution is -2.02. The van der Waals surface area contributed by atoms with Crippen LogP contribution in [0.5, 0.6) is 0 Å². The van der Waals surface area contributed by atoms with Crippen LogP contribution in [0.1, 0.15) is 11.4 Å². The van der Waals surface area contributed by atoms with Crippen molar-refractivity contribution in [3.05, 3.63) is 23.7 Å². The van der Waals surface area contributed by atoms with Crippen LogP contribution in [0, 0.1) is 6.92 Å². The molecule has 2 aromatic heterocycles. The summed E-state index contributed by atoms with van der Waals surface area (Å²) in [6.45, 7) is 3.65. The van der Waals surface area contributed by atoms with E-state index in [-0.39, 0.29) is 0 Å². The van der Waals surface area contributed by atoms with Gasteiger partial charge in [-0.1, -0.05) is 0 Å². The fraction of sp³-hybridized carbons (Fsp3) is 0.455. The van der Waals surface area contributed by atoms with Crippen LogP contribution in [0.4, 0.5) is 0 Å². The zero-order chi connectivity index (χ0) is 11.4. The Kier molecular flexibility index (Phi) is 3.48. The molecule has 0 saturated heterocycles. The molecular weight excluding hydrogens is 206 g/mol. The van der Waals surface area contributed by atoms with Crippen LogP contribution in [0.25, 0.3) is 11.2 Å². The predicted molar refractivity (Wildman–Crippen MR) is 60.2 cm³/mol. The first-order valence-electron chi connectivity index (χ1n) is 5.18. The van der Waals surface area contributed by atoms with E-state index in [4.69, 9.17) is 9.47 Å². The molecule has 0 amide bonds. The third-order valence-corrected chi connectivity index (χ3v) is 2.32. The van der Waals surface area contributed by atoms with Crippen molar-refractivity contribution >= 4 is 11.2 Å². The number of pyridine rings is 1. The molecule has 1 N–H and O–H groups in total.